The van der Waals surface area contributed by atoms with Crippen LogP contribution >= 0.6 is 12.2 Å². The van der Waals surface area contributed by atoms with E-state index in [1.807, 2.05) is 0 Å². The van der Waals surface area contributed by atoms with Crippen LogP contribution in [0.4, 0.5) is 0 Å². The van der Waals surface area contributed by atoms with Gasteiger partial charge in [-0.25, -0.2) is 0 Å². The minimum Gasteiger partial charge on any atom is -0.412 e. The third kappa shape index (κ3) is 2.20. The summed E-state index contributed by atoms with van der Waals surface area (Å²) in [4.78, 5) is 15.4. The van der Waals surface area contributed by atoms with Crippen LogP contribution in [0.2, 0.25) is 0 Å². The van der Waals surface area contributed by atoms with E-state index in [9.17, 15) is 4.79 Å². The van der Waals surface area contributed by atoms with E-state index in [1.165, 1.54) is 12.3 Å². The molecule has 0 atom stereocenters. The number of H-pyrrole nitrogens is 2. The standard InChI is InChI=1S/C4H4N2OS.H2O/c7-3-1-2-5-4(8)6-3;/h1-2H,(H2,5,6,7,8);1H2. The zero-order valence-electron chi connectivity index (χ0n) is 4.47. The van der Waals surface area contributed by atoms with Gasteiger partial charge < -0.3 is 10.5 Å². The molecule has 0 bridgehead atoms. The SMILES string of the molecule is O.O=c1cc[nH]c(=S)[nH]1. The predicted molar refractivity (Wildman–Crippen MR) is 35.9 cm³/mol. The lowest BCUT2D eigenvalue weighted by atomic mass is 10.7. The van der Waals surface area contributed by atoms with Crippen molar-refractivity contribution in [3.05, 3.63) is 27.4 Å². The van der Waals surface area contributed by atoms with Gasteiger partial charge in [0.15, 0.2) is 4.77 Å². The van der Waals surface area contributed by atoms with Crippen LogP contribution < -0.4 is 5.56 Å². The van der Waals surface area contributed by atoms with Gasteiger partial charge in [0.1, 0.15) is 0 Å². The normalized spacial score (nSPS) is 8.00. The first kappa shape index (κ1) is 8.06. The van der Waals surface area contributed by atoms with Crippen molar-refractivity contribution in [2.75, 3.05) is 0 Å². The topological polar surface area (TPSA) is 80.2 Å². The molecular formula is C4H6N2O2S. The second-order valence-corrected chi connectivity index (χ2v) is 1.70. The maximum atomic E-state index is 10.3. The molecule has 0 aromatic carbocycles. The van der Waals surface area contributed by atoms with Crippen LogP contribution in [0.15, 0.2) is 17.1 Å². The smallest absolute Gasteiger partial charge is 0.251 e. The molecule has 1 aromatic rings. The third-order valence-corrected chi connectivity index (χ3v) is 0.906. The monoisotopic (exact) mass is 146 g/mol. The Balaban J connectivity index is 0.000000640. The van der Waals surface area contributed by atoms with Gasteiger partial charge in [-0.1, -0.05) is 0 Å². The zero-order chi connectivity index (χ0) is 5.98. The summed E-state index contributed by atoms with van der Waals surface area (Å²) in [6, 6.07) is 1.37. The highest BCUT2D eigenvalue weighted by Crippen LogP contribution is 1.67. The second-order valence-electron chi connectivity index (χ2n) is 1.30. The Bertz CT molecular complexity index is 251. The van der Waals surface area contributed by atoms with Crippen LogP contribution in [-0.2, 0) is 0 Å². The average Bonchev–Trinajstić information content (AvgIpc) is 1.64. The van der Waals surface area contributed by atoms with Crippen molar-refractivity contribution < 1.29 is 5.48 Å². The molecule has 9 heavy (non-hydrogen) atoms. The Labute approximate surface area is 55.9 Å². The molecule has 4 N–H and O–H groups in total. The fraction of sp³-hybridized carbons (Fsp3) is 0. The van der Waals surface area contributed by atoms with Gasteiger partial charge in [-0.3, -0.25) is 9.78 Å². The van der Waals surface area contributed by atoms with Crippen molar-refractivity contribution in [2.24, 2.45) is 0 Å². The van der Waals surface area contributed by atoms with E-state index in [0.29, 0.717) is 4.77 Å². The summed E-state index contributed by atoms with van der Waals surface area (Å²) in [6.07, 6.45) is 1.50. The highest BCUT2D eigenvalue weighted by molar-refractivity contribution is 7.71. The van der Waals surface area contributed by atoms with E-state index < -0.39 is 0 Å². The summed E-state index contributed by atoms with van der Waals surface area (Å²) < 4.78 is 0.359. The van der Waals surface area contributed by atoms with Crippen molar-refractivity contribution in [3.8, 4) is 0 Å². The number of nitrogens with one attached hydrogen (secondary N) is 2. The van der Waals surface area contributed by atoms with Crippen LogP contribution in [0.25, 0.3) is 0 Å². The molecule has 0 aliphatic heterocycles. The number of aromatic amines is 2. The van der Waals surface area contributed by atoms with Gasteiger partial charge in [0.05, 0.1) is 0 Å². The predicted octanol–water partition coefficient (Wildman–Crippen LogP) is -0.392. The Kier molecular flexibility index (Phi) is 2.83. The average molecular weight is 146 g/mol. The molecule has 0 radical (unpaired) electrons. The maximum Gasteiger partial charge on any atom is 0.251 e. The van der Waals surface area contributed by atoms with Crippen LogP contribution in [0, 0.1) is 4.77 Å². The first-order valence-electron chi connectivity index (χ1n) is 2.07. The van der Waals surface area contributed by atoms with Crippen LogP contribution in [0.3, 0.4) is 0 Å². The Morgan fingerprint density at radius 1 is 1.56 bits per heavy atom. The number of hydrogen-bond acceptors (Lipinski definition) is 2. The molecular weight excluding hydrogens is 140 g/mol. The molecule has 0 amide bonds. The Hall–Kier alpha value is -0.940. The Morgan fingerprint density at radius 3 is 2.56 bits per heavy atom. The second kappa shape index (κ2) is 3.16. The Morgan fingerprint density at radius 2 is 2.22 bits per heavy atom. The van der Waals surface area contributed by atoms with E-state index in [-0.39, 0.29) is 11.0 Å². The van der Waals surface area contributed by atoms with Gasteiger partial charge in [-0.2, -0.15) is 0 Å². The van der Waals surface area contributed by atoms with Crippen molar-refractivity contribution >= 4 is 12.2 Å². The van der Waals surface area contributed by atoms with E-state index in [4.69, 9.17) is 0 Å². The highest BCUT2D eigenvalue weighted by Gasteiger charge is 1.74. The fourth-order valence-corrected chi connectivity index (χ4v) is 0.551. The lowest BCUT2D eigenvalue weighted by Crippen LogP contribution is -2.02. The van der Waals surface area contributed by atoms with Crippen molar-refractivity contribution in [2.45, 2.75) is 0 Å². The summed E-state index contributed by atoms with van der Waals surface area (Å²) in [7, 11) is 0. The van der Waals surface area contributed by atoms with Gasteiger partial charge >= 0.3 is 0 Å². The van der Waals surface area contributed by atoms with Gasteiger partial charge in [0, 0.05) is 12.3 Å². The summed E-state index contributed by atoms with van der Waals surface area (Å²) in [5.74, 6) is 0. The molecule has 0 saturated heterocycles. The van der Waals surface area contributed by atoms with E-state index in [0.717, 1.165) is 0 Å². The van der Waals surface area contributed by atoms with Gasteiger partial charge in [-0.05, 0) is 12.2 Å². The van der Waals surface area contributed by atoms with Crippen molar-refractivity contribution in [1.82, 2.24) is 9.97 Å². The van der Waals surface area contributed by atoms with Crippen molar-refractivity contribution in [1.29, 1.82) is 0 Å². The van der Waals surface area contributed by atoms with E-state index in [1.54, 1.807) is 0 Å². The van der Waals surface area contributed by atoms with E-state index in [2.05, 4.69) is 22.2 Å². The minimum atomic E-state index is -0.172. The first-order chi connectivity index (χ1) is 3.79. The number of rotatable bonds is 0. The molecule has 0 spiro atoms. The molecule has 5 heteroatoms. The molecule has 0 fully saturated rings. The van der Waals surface area contributed by atoms with Crippen molar-refractivity contribution in [3.63, 3.8) is 0 Å². The molecule has 50 valence electrons. The van der Waals surface area contributed by atoms with Gasteiger partial charge in [-0.15, -0.1) is 0 Å². The number of hydrogen-bond donors (Lipinski definition) is 2. The molecule has 0 unspecified atom stereocenters. The van der Waals surface area contributed by atoms with Crippen LogP contribution in [0.1, 0.15) is 0 Å². The molecule has 4 nitrogen and oxygen atoms in total. The summed E-state index contributed by atoms with van der Waals surface area (Å²) in [6.45, 7) is 0. The molecule has 1 aromatic heterocycles. The molecule has 1 rings (SSSR count). The van der Waals surface area contributed by atoms with Crippen LogP contribution in [-0.4, -0.2) is 15.4 Å². The largest absolute Gasteiger partial charge is 0.412 e. The summed E-state index contributed by atoms with van der Waals surface area (Å²) in [5.41, 5.74) is -0.172. The summed E-state index contributed by atoms with van der Waals surface area (Å²) >= 11 is 4.59. The first-order valence-corrected chi connectivity index (χ1v) is 2.48. The molecule has 0 aliphatic rings. The quantitative estimate of drug-likeness (QED) is 0.489. The molecule has 0 aliphatic carbocycles. The van der Waals surface area contributed by atoms with Gasteiger partial charge in [0.25, 0.3) is 5.56 Å². The fourth-order valence-electron chi connectivity index (χ4n) is 0.383. The lowest BCUT2D eigenvalue weighted by Gasteiger charge is -1.78. The van der Waals surface area contributed by atoms with Crippen LogP contribution in [0.5, 0.6) is 0 Å². The third-order valence-electron chi connectivity index (χ3n) is 0.686. The minimum absolute atomic E-state index is 0. The summed E-state index contributed by atoms with van der Waals surface area (Å²) in [5, 5.41) is 0. The van der Waals surface area contributed by atoms with E-state index >= 15 is 0 Å². The molecule has 1 heterocycles. The van der Waals surface area contributed by atoms with Gasteiger partial charge in [0.2, 0.25) is 0 Å². The maximum absolute atomic E-state index is 10.3. The molecule has 0 saturated carbocycles. The zero-order valence-corrected chi connectivity index (χ0v) is 5.29. The number of aromatic nitrogens is 2. The lowest BCUT2D eigenvalue weighted by molar-refractivity contribution is 0.824. The highest BCUT2D eigenvalue weighted by atomic mass is 32.1.